The SMILES string of the molecule is Cc1c(CC(=O)NC2CC2)c(=O)oc2cc3c(cc12)CCC(C)(C)O3. The second-order valence-electron chi connectivity index (χ2n) is 7.83. The number of fused-ring (bicyclic) bond motifs is 2. The predicted octanol–water partition coefficient (Wildman–Crippen LogP) is 3.03. The van der Waals surface area contributed by atoms with Crippen molar-refractivity contribution in [3.8, 4) is 5.75 Å². The molecular formula is C20H23NO4. The van der Waals surface area contributed by atoms with Crippen LogP contribution in [0.2, 0.25) is 0 Å². The lowest BCUT2D eigenvalue weighted by molar-refractivity contribution is -0.120. The van der Waals surface area contributed by atoms with Crippen LogP contribution >= 0.6 is 0 Å². The Labute approximate surface area is 146 Å². The fraction of sp³-hybridized carbons (Fsp3) is 0.500. The third kappa shape index (κ3) is 3.15. The first kappa shape index (κ1) is 16.2. The Morgan fingerprint density at radius 3 is 2.80 bits per heavy atom. The Hall–Kier alpha value is -2.30. The summed E-state index contributed by atoms with van der Waals surface area (Å²) in [7, 11) is 0. The minimum absolute atomic E-state index is 0.0707. The van der Waals surface area contributed by atoms with E-state index in [2.05, 4.69) is 19.2 Å². The molecule has 2 aromatic rings. The first-order valence-electron chi connectivity index (χ1n) is 8.90. The summed E-state index contributed by atoms with van der Waals surface area (Å²) in [6, 6.07) is 4.14. The van der Waals surface area contributed by atoms with Crippen molar-refractivity contribution in [2.45, 2.75) is 64.5 Å². The lowest BCUT2D eigenvalue weighted by Crippen LogP contribution is -2.32. The molecule has 1 N–H and O–H groups in total. The van der Waals surface area contributed by atoms with Gasteiger partial charge < -0.3 is 14.5 Å². The van der Waals surface area contributed by atoms with E-state index in [0.29, 0.717) is 11.1 Å². The molecule has 1 fully saturated rings. The van der Waals surface area contributed by atoms with Gasteiger partial charge >= 0.3 is 5.63 Å². The Bertz CT molecular complexity index is 921. The summed E-state index contributed by atoms with van der Waals surface area (Å²) in [5.41, 5.74) is 2.26. The van der Waals surface area contributed by atoms with Gasteiger partial charge in [-0.2, -0.15) is 0 Å². The van der Waals surface area contributed by atoms with Crippen molar-refractivity contribution in [1.29, 1.82) is 0 Å². The molecule has 1 amide bonds. The number of aryl methyl sites for hydroxylation is 2. The molecule has 0 radical (unpaired) electrons. The number of carbonyl (C=O) groups excluding carboxylic acids is 1. The summed E-state index contributed by atoms with van der Waals surface area (Å²) in [5, 5.41) is 3.81. The summed E-state index contributed by atoms with van der Waals surface area (Å²) >= 11 is 0. The van der Waals surface area contributed by atoms with Crippen LogP contribution in [0.1, 0.15) is 49.8 Å². The van der Waals surface area contributed by atoms with E-state index < -0.39 is 5.63 Å². The number of hydrogen-bond donors (Lipinski definition) is 1. The van der Waals surface area contributed by atoms with E-state index in [4.69, 9.17) is 9.15 Å². The maximum absolute atomic E-state index is 12.4. The van der Waals surface area contributed by atoms with Crippen molar-refractivity contribution in [2.75, 3.05) is 0 Å². The molecule has 132 valence electrons. The number of hydrogen-bond acceptors (Lipinski definition) is 4. The van der Waals surface area contributed by atoms with Gasteiger partial charge in [0, 0.05) is 17.5 Å². The number of rotatable bonds is 3. The van der Waals surface area contributed by atoms with Crippen LogP contribution in [-0.4, -0.2) is 17.6 Å². The normalized spacial score (nSPS) is 18.5. The molecule has 5 heteroatoms. The van der Waals surface area contributed by atoms with Gasteiger partial charge in [-0.15, -0.1) is 0 Å². The average molecular weight is 341 g/mol. The molecule has 1 aromatic carbocycles. The van der Waals surface area contributed by atoms with Gasteiger partial charge in [-0.3, -0.25) is 4.79 Å². The molecule has 4 rings (SSSR count). The maximum atomic E-state index is 12.4. The zero-order valence-corrected chi connectivity index (χ0v) is 14.9. The second-order valence-corrected chi connectivity index (χ2v) is 7.83. The zero-order chi connectivity index (χ0) is 17.8. The van der Waals surface area contributed by atoms with Gasteiger partial charge in [0.15, 0.2) is 0 Å². The van der Waals surface area contributed by atoms with Crippen molar-refractivity contribution in [3.63, 3.8) is 0 Å². The molecule has 0 spiro atoms. The summed E-state index contributed by atoms with van der Waals surface area (Å²) < 4.78 is 11.5. The maximum Gasteiger partial charge on any atom is 0.340 e. The van der Waals surface area contributed by atoms with Crippen LogP contribution in [0.4, 0.5) is 0 Å². The Balaban J connectivity index is 1.74. The predicted molar refractivity (Wildman–Crippen MR) is 95.1 cm³/mol. The lowest BCUT2D eigenvalue weighted by atomic mass is 9.92. The molecule has 0 unspecified atom stereocenters. The first-order valence-corrected chi connectivity index (χ1v) is 8.90. The standard InChI is InChI=1S/C20H23NO4/c1-11-14-8-12-6-7-20(2,3)25-16(12)10-17(14)24-19(23)15(11)9-18(22)21-13-4-5-13/h8,10,13H,4-7,9H2,1-3H3,(H,21,22). The first-order chi connectivity index (χ1) is 11.8. The van der Waals surface area contributed by atoms with Gasteiger partial charge in [-0.05, 0) is 63.6 Å². The molecule has 0 atom stereocenters. The minimum Gasteiger partial charge on any atom is -0.487 e. The highest BCUT2D eigenvalue weighted by molar-refractivity contribution is 5.86. The van der Waals surface area contributed by atoms with Crippen molar-refractivity contribution in [3.05, 3.63) is 39.2 Å². The molecule has 1 saturated carbocycles. The van der Waals surface area contributed by atoms with Crippen molar-refractivity contribution in [2.24, 2.45) is 0 Å². The van der Waals surface area contributed by atoms with E-state index in [0.717, 1.165) is 47.9 Å². The van der Waals surface area contributed by atoms with Gasteiger partial charge in [-0.1, -0.05) is 0 Å². The van der Waals surface area contributed by atoms with Crippen molar-refractivity contribution >= 4 is 16.9 Å². The highest BCUT2D eigenvalue weighted by Gasteiger charge is 2.28. The number of amides is 1. The smallest absolute Gasteiger partial charge is 0.340 e. The Morgan fingerprint density at radius 1 is 1.32 bits per heavy atom. The van der Waals surface area contributed by atoms with Gasteiger partial charge in [0.05, 0.1) is 12.0 Å². The molecule has 1 aliphatic heterocycles. The van der Waals surface area contributed by atoms with Gasteiger partial charge in [0.25, 0.3) is 0 Å². The number of benzene rings is 1. The van der Waals surface area contributed by atoms with E-state index in [-0.39, 0.29) is 24.0 Å². The van der Waals surface area contributed by atoms with E-state index in [1.165, 1.54) is 0 Å². The van der Waals surface area contributed by atoms with Crippen LogP contribution in [0.3, 0.4) is 0 Å². The monoisotopic (exact) mass is 341 g/mol. The van der Waals surface area contributed by atoms with Crippen LogP contribution in [0, 0.1) is 6.92 Å². The summed E-state index contributed by atoms with van der Waals surface area (Å²) in [4.78, 5) is 24.5. The summed E-state index contributed by atoms with van der Waals surface area (Å²) in [6.07, 6.45) is 3.99. The molecule has 1 aromatic heterocycles. The van der Waals surface area contributed by atoms with Gasteiger partial charge in [-0.25, -0.2) is 4.79 Å². The molecule has 2 aliphatic rings. The molecule has 5 nitrogen and oxygen atoms in total. The molecule has 0 saturated heterocycles. The number of nitrogens with one attached hydrogen (secondary N) is 1. The van der Waals surface area contributed by atoms with Crippen LogP contribution < -0.4 is 15.7 Å². The Morgan fingerprint density at radius 2 is 2.08 bits per heavy atom. The zero-order valence-electron chi connectivity index (χ0n) is 14.9. The Kier molecular flexibility index (Phi) is 3.63. The molecule has 1 aliphatic carbocycles. The van der Waals surface area contributed by atoms with E-state index >= 15 is 0 Å². The quantitative estimate of drug-likeness (QED) is 0.872. The third-order valence-electron chi connectivity index (χ3n) is 5.13. The van der Waals surface area contributed by atoms with Crippen LogP contribution in [0.5, 0.6) is 5.75 Å². The van der Waals surface area contributed by atoms with Crippen molar-refractivity contribution in [1.82, 2.24) is 5.32 Å². The third-order valence-corrected chi connectivity index (χ3v) is 5.13. The molecule has 2 heterocycles. The fourth-order valence-corrected chi connectivity index (χ4v) is 3.41. The molecular weight excluding hydrogens is 318 g/mol. The highest BCUT2D eigenvalue weighted by atomic mass is 16.5. The van der Waals surface area contributed by atoms with Crippen LogP contribution in [-0.2, 0) is 17.6 Å². The minimum atomic E-state index is -0.439. The largest absolute Gasteiger partial charge is 0.487 e. The highest BCUT2D eigenvalue weighted by Crippen LogP contribution is 2.36. The van der Waals surface area contributed by atoms with Crippen LogP contribution in [0.15, 0.2) is 21.3 Å². The topological polar surface area (TPSA) is 68.5 Å². The van der Waals surface area contributed by atoms with Gasteiger partial charge in [0.2, 0.25) is 5.91 Å². The summed E-state index contributed by atoms with van der Waals surface area (Å²) in [5.74, 6) is 0.672. The number of ether oxygens (including phenoxy) is 1. The van der Waals surface area contributed by atoms with Crippen molar-refractivity contribution < 1.29 is 13.9 Å². The van der Waals surface area contributed by atoms with E-state index in [1.807, 2.05) is 19.1 Å². The lowest BCUT2D eigenvalue weighted by Gasteiger charge is -2.32. The van der Waals surface area contributed by atoms with E-state index in [1.54, 1.807) is 0 Å². The number of carbonyl (C=O) groups is 1. The fourth-order valence-electron chi connectivity index (χ4n) is 3.41. The van der Waals surface area contributed by atoms with E-state index in [9.17, 15) is 9.59 Å². The summed E-state index contributed by atoms with van der Waals surface area (Å²) in [6.45, 7) is 6.01. The van der Waals surface area contributed by atoms with Crippen LogP contribution in [0.25, 0.3) is 11.0 Å². The second kappa shape index (κ2) is 5.61. The molecule has 0 bridgehead atoms. The molecule has 25 heavy (non-hydrogen) atoms. The average Bonchev–Trinajstić information content (AvgIpc) is 3.33. The van der Waals surface area contributed by atoms with Gasteiger partial charge in [0.1, 0.15) is 16.9 Å².